The second-order valence-electron chi connectivity index (χ2n) is 6.00. The molecule has 1 aromatic heterocycles. The molecule has 1 N–H and O–H groups in total. The molecular weight excluding hydrogens is 343 g/mol. The van der Waals surface area contributed by atoms with Crippen molar-refractivity contribution < 1.29 is 18.0 Å². The fraction of sp³-hybridized carbons (Fsp3) is 0.263. The standard InChI is InChI=1S/C19H18F3N3O/c20-19(21,22)14-6-8-17(25-11-3-4-12-25)16(13-14)24-18(26)9-7-15-5-1-2-10-23-15/h1-2,5-10,13H,3-4,11-12H2,(H,24,26)/b9-7+. The summed E-state index contributed by atoms with van der Waals surface area (Å²) in [6.07, 6.45) is 1.86. The van der Waals surface area contributed by atoms with Gasteiger partial charge in [0.15, 0.2) is 0 Å². The summed E-state index contributed by atoms with van der Waals surface area (Å²) >= 11 is 0. The molecule has 1 saturated heterocycles. The van der Waals surface area contributed by atoms with Gasteiger partial charge in [0.1, 0.15) is 0 Å². The number of benzene rings is 1. The number of amides is 1. The molecule has 1 fully saturated rings. The van der Waals surface area contributed by atoms with Gasteiger partial charge in [0.25, 0.3) is 0 Å². The molecule has 0 atom stereocenters. The maximum absolute atomic E-state index is 13.0. The topological polar surface area (TPSA) is 45.2 Å². The van der Waals surface area contributed by atoms with Crippen molar-refractivity contribution in [2.24, 2.45) is 0 Å². The van der Waals surface area contributed by atoms with E-state index in [1.807, 2.05) is 4.90 Å². The van der Waals surface area contributed by atoms with Crippen molar-refractivity contribution in [2.45, 2.75) is 19.0 Å². The highest BCUT2D eigenvalue weighted by atomic mass is 19.4. The van der Waals surface area contributed by atoms with E-state index in [4.69, 9.17) is 0 Å². The van der Waals surface area contributed by atoms with Crippen molar-refractivity contribution in [3.63, 3.8) is 0 Å². The van der Waals surface area contributed by atoms with Crippen LogP contribution < -0.4 is 10.2 Å². The Balaban J connectivity index is 1.83. The van der Waals surface area contributed by atoms with Crippen LogP contribution in [0.4, 0.5) is 24.5 Å². The summed E-state index contributed by atoms with van der Waals surface area (Å²) in [5, 5.41) is 2.57. The van der Waals surface area contributed by atoms with Crippen molar-refractivity contribution in [1.82, 2.24) is 4.98 Å². The van der Waals surface area contributed by atoms with E-state index in [1.165, 1.54) is 18.2 Å². The van der Waals surface area contributed by atoms with Crippen molar-refractivity contribution in [1.29, 1.82) is 0 Å². The number of aromatic nitrogens is 1. The summed E-state index contributed by atoms with van der Waals surface area (Å²) in [6, 6.07) is 8.72. The monoisotopic (exact) mass is 361 g/mol. The SMILES string of the molecule is O=C(/C=C/c1ccccn1)Nc1cc(C(F)(F)F)ccc1N1CCCC1. The Labute approximate surface area is 149 Å². The van der Waals surface area contributed by atoms with E-state index >= 15 is 0 Å². The number of alkyl halides is 3. The zero-order valence-corrected chi connectivity index (χ0v) is 14.0. The molecule has 1 amide bonds. The van der Waals surface area contributed by atoms with Gasteiger partial charge in [-0.05, 0) is 49.2 Å². The average Bonchev–Trinajstić information content (AvgIpc) is 3.14. The predicted octanol–water partition coefficient (Wildman–Crippen LogP) is 4.35. The Hall–Kier alpha value is -2.83. The summed E-state index contributed by atoms with van der Waals surface area (Å²) in [4.78, 5) is 18.2. The number of carbonyl (C=O) groups is 1. The maximum atomic E-state index is 13.0. The summed E-state index contributed by atoms with van der Waals surface area (Å²) in [5.41, 5.74) is 0.573. The molecule has 0 unspecified atom stereocenters. The molecule has 2 aromatic rings. The van der Waals surface area contributed by atoms with Crippen LogP contribution in [-0.4, -0.2) is 24.0 Å². The molecule has 1 aliphatic rings. The lowest BCUT2D eigenvalue weighted by molar-refractivity contribution is -0.137. The number of anilines is 2. The Morgan fingerprint density at radius 2 is 1.92 bits per heavy atom. The van der Waals surface area contributed by atoms with Gasteiger partial charge in [0.2, 0.25) is 5.91 Å². The lowest BCUT2D eigenvalue weighted by atomic mass is 10.1. The van der Waals surface area contributed by atoms with Crippen LogP contribution in [0.15, 0.2) is 48.7 Å². The van der Waals surface area contributed by atoms with Crippen molar-refractivity contribution in [2.75, 3.05) is 23.3 Å². The van der Waals surface area contributed by atoms with Gasteiger partial charge >= 0.3 is 6.18 Å². The van der Waals surface area contributed by atoms with Crippen LogP contribution >= 0.6 is 0 Å². The first-order valence-electron chi connectivity index (χ1n) is 8.30. The second kappa shape index (κ2) is 7.59. The van der Waals surface area contributed by atoms with Gasteiger partial charge in [-0.1, -0.05) is 6.07 Å². The van der Waals surface area contributed by atoms with Crippen LogP contribution in [0.2, 0.25) is 0 Å². The fourth-order valence-electron chi connectivity index (χ4n) is 2.86. The number of nitrogens with zero attached hydrogens (tertiary/aromatic N) is 2. The van der Waals surface area contributed by atoms with Gasteiger partial charge in [-0.2, -0.15) is 13.2 Å². The quantitative estimate of drug-likeness (QED) is 0.824. The molecule has 136 valence electrons. The minimum Gasteiger partial charge on any atom is -0.370 e. The normalized spacial score (nSPS) is 14.8. The van der Waals surface area contributed by atoms with E-state index in [9.17, 15) is 18.0 Å². The summed E-state index contributed by atoms with van der Waals surface area (Å²) in [6.45, 7) is 1.52. The number of nitrogens with one attached hydrogen (secondary N) is 1. The van der Waals surface area contributed by atoms with Gasteiger partial charge in [-0.25, -0.2) is 0 Å². The molecule has 0 spiro atoms. The van der Waals surface area contributed by atoms with E-state index in [0.717, 1.165) is 38.1 Å². The first kappa shape index (κ1) is 18.0. The van der Waals surface area contributed by atoms with Crippen LogP contribution in [-0.2, 0) is 11.0 Å². The Morgan fingerprint density at radius 1 is 1.15 bits per heavy atom. The fourth-order valence-corrected chi connectivity index (χ4v) is 2.86. The third-order valence-electron chi connectivity index (χ3n) is 4.12. The average molecular weight is 361 g/mol. The number of halogens is 3. The van der Waals surface area contributed by atoms with Crippen molar-refractivity contribution >= 4 is 23.4 Å². The smallest absolute Gasteiger partial charge is 0.370 e. The van der Waals surface area contributed by atoms with Crippen LogP contribution in [0, 0.1) is 0 Å². The summed E-state index contributed by atoms with van der Waals surface area (Å²) in [7, 11) is 0. The number of hydrogen-bond acceptors (Lipinski definition) is 3. The Morgan fingerprint density at radius 3 is 2.58 bits per heavy atom. The van der Waals surface area contributed by atoms with E-state index in [2.05, 4.69) is 10.3 Å². The molecule has 0 bridgehead atoms. The third kappa shape index (κ3) is 4.41. The Kier molecular flexibility index (Phi) is 5.25. The molecule has 26 heavy (non-hydrogen) atoms. The second-order valence-corrected chi connectivity index (χ2v) is 6.00. The van der Waals surface area contributed by atoms with E-state index in [-0.39, 0.29) is 5.69 Å². The zero-order valence-electron chi connectivity index (χ0n) is 14.0. The van der Waals surface area contributed by atoms with Gasteiger partial charge in [-0.3, -0.25) is 9.78 Å². The molecule has 0 saturated carbocycles. The third-order valence-corrected chi connectivity index (χ3v) is 4.12. The number of carbonyl (C=O) groups excluding carboxylic acids is 1. The minimum absolute atomic E-state index is 0.164. The molecule has 3 rings (SSSR count). The van der Waals surface area contributed by atoms with Crippen LogP contribution in [0.5, 0.6) is 0 Å². The van der Waals surface area contributed by atoms with Gasteiger partial charge in [0, 0.05) is 25.4 Å². The molecule has 7 heteroatoms. The maximum Gasteiger partial charge on any atom is 0.416 e. The van der Waals surface area contributed by atoms with Crippen molar-refractivity contribution in [3.05, 3.63) is 59.9 Å². The van der Waals surface area contributed by atoms with E-state index < -0.39 is 17.6 Å². The zero-order chi connectivity index (χ0) is 18.6. The van der Waals surface area contributed by atoms with E-state index in [0.29, 0.717) is 11.4 Å². The lowest BCUT2D eigenvalue weighted by Crippen LogP contribution is -2.21. The summed E-state index contributed by atoms with van der Waals surface area (Å²) < 4.78 is 39.1. The highest BCUT2D eigenvalue weighted by Gasteiger charge is 2.31. The molecule has 1 aromatic carbocycles. The molecule has 0 aliphatic carbocycles. The van der Waals surface area contributed by atoms with Gasteiger partial charge in [-0.15, -0.1) is 0 Å². The van der Waals surface area contributed by atoms with Crippen LogP contribution in [0.25, 0.3) is 6.08 Å². The first-order chi connectivity index (χ1) is 12.4. The molecule has 2 heterocycles. The number of hydrogen-bond donors (Lipinski definition) is 1. The Bertz CT molecular complexity index is 797. The van der Waals surface area contributed by atoms with E-state index in [1.54, 1.807) is 24.4 Å². The van der Waals surface area contributed by atoms with Crippen molar-refractivity contribution in [3.8, 4) is 0 Å². The lowest BCUT2D eigenvalue weighted by Gasteiger charge is -2.22. The van der Waals surface area contributed by atoms with Crippen LogP contribution in [0.3, 0.4) is 0 Å². The van der Waals surface area contributed by atoms with Gasteiger partial charge in [0.05, 0.1) is 22.6 Å². The predicted molar refractivity (Wildman–Crippen MR) is 94.8 cm³/mol. The molecule has 0 radical (unpaired) electrons. The summed E-state index contributed by atoms with van der Waals surface area (Å²) in [5.74, 6) is -0.504. The highest BCUT2D eigenvalue weighted by molar-refractivity contribution is 6.03. The first-order valence-corrected chi connectivity index (χ1v) is 8.30. The molecule has 1 aliphatic heterocycles. The van der Waals surface area contributed by atoms with Gasteiger partial charge < -0.3 is 10.2 Å². The molecule has 4 nitrogen and oxygen atoms in total. The molecular formula is C19H18F3N3O. The van der Waals surface area contributed by atoms with Crippen LogP contribution in [0.1, 0.15) is 24.1 Å². The minimum atomic E-state index is -4.47. The largest absolute Gasteiger partial charge is 0.416 e. The number of rotatable bonds is 4. The highest BCUT2D eigenvalue weighted by Crippen LogP contribution is 2.36. The number of pyridine rings is 1.